The highest BCUT2D eigenvalue weighted by atomic mass is 32.2. The molecule has 0 bridgehead atoms. The van der Waals surface area contributed by atoms with Crippen LogP contribution in [-0.4, -0.2) is 42.4 Å². The van der Waals surface area contributed by atoms with Crippen LogP contribution in [0, 0.1) is 15.9 Å². The Kier molecular flexibility index (Phi) is 4.56. The summed E-state index contributed by atoms with van der Waals surface area (Å²) in [6, 6.07) is 1.49. The van der Waals surface area contributed by atoms with Crippen molar-refractivity contribution in [2.24, 2.45) is 0 Å². The fraction of sp³-hybridized carbons (Fsp3) is 0.400. The number of nitro groups is 1. The molecule has 1 unspecified atom stereocenters. The maximum atomic E-state index is 13.6. The van der Waals surface area contributed by atoms with E-state index < -0.39 is 44.0 Å². The molecule has 0 spiro atoms. The van der Waals surface area contributed by atoms with E-state index in [4.69, 9.17) is 5.11 Å². The molecule has 9 heteroatoms. The first-order valence-electron chi connectivity index (χ1n) is 5.24. The summed E-state index contributed by atoms with van der Waals surface area (Å²) in [5.41, 5.74) is -0.523. The zero-order valence-corrected chi connectivity index (χ0v) is 11.1. The number of benzene rings is 1. The van der Waals surface area contributed by atoms with Gasteiger partial charge in [-0.05, 0) is 13.0 Å². The van der Waals surface area contributed by atoms with Crippen LogP contribution in [0.25, 0.3) is 0 Å². The molecular formula is C10H13FN2O5S. The Morgan fingerprint density at radius 1 is 1.53 bits per heavy atom. The van der Waals surface area contributed by atoms with Crippen LogP contribution < -0.4 is 0 Å². The van der Waals surface area contributed by atoms with Gasteiger partial charge in [0.2, 0.25) is 10.0 Å². The van der Waals surface area contributed by atoms with E-state index in [1.165, 1.54) is 6.92 Å². The molecule has 0 aliphatic carbocycles. The van der Waals surface area contributed by atoms with Gasteiger partial charge in [-0.25, -0.2) is 12.8 Å². The SMILES string of the molecule is CC(CO)N(C)S(=O)(=O)c1cc([N+](=O)[O-])ccc1F. The second kappa shape index (κ2) is 5.59. The van der Waals surface area contributed by atoms with Gasteiger partial charge in [0, 0.05) is 25.2 Å². The lowest BCUT2D eigenvalue weighted by atomic mass is 10.3. The van der Waals surface area contributed by atoms with Gasteiger partial charge < -0.3 is 5.11 Å². The number of nitrogens with zero attached hydrogens (tertiary/aromatic N) is 2. The standard InChI is InChI=1S/C10H13FN2O5S/c1-7(6-14)12(2)19(17,18)10-5-8(13(15)16)3-4-9(10)11/h3-5,7,14H,6H2,1-2H3. The highest BCUT2D eigenvalue weighted by Crippen LogP contribution is 2.24. The molecule has 0 heterocycles. The van der Waals surface area contributed by atoms with Crippen LogP contribution in [0.5, 0.6) is 0 Å². The van der Waals surface area contributed by atoms with Crippen molar-refractivity contribution >= 4 is 15.7 Å². The number of likely N-dealkylation sites (N-methyl/N-ethyl adjacent to an activating group) is 1. The molecule has 19 heavy (non-hydrogen) atoms. The minimum atomic E-state index is -4.24. The van der Waals surface area contributed by atoms with E-state index in [-0.39, 0.29) is 0 Å². The van der Waals surface area contributed by atoms with Crippen molar-refractivity contribution in [3.05, 3.63) is 34.1 Å². The molecule has 106 valence electrons. The van der Waals surface area contributed by atoms with Gasteiger partial charge in [-0.15, -0.1) is 0 Å². The highest BCUT2D eigenvalue weighted by Gasteiger charge is 2.29. The molecule has 1 aromatic carbocycles. The van der Waals surface area contributed by atoms with Crippen molar-refractivity contribution < 1.29 is 22.8 Å². The third-order valence-corrected chi connectivity index (χ3v) is 4.65. The Labute approximate surface area is 109 Å². The molecule has 0 radical (unpaired) electrons. The van der Waals surface area contributed by atoms with Crippen molar-refractivity contribution in [3.63, 3.8) is 0 Å². The fourth-order valence-electron chi connectivity index (χ4n) is 1.31. The third-order valence-electron chi connectivity index (χ3n) is 2.67. The largest absolute Gasteiger partial charge is 0.395 e. The molecule has 1 atom stereocenters. The number of nitro benzene ring substituents is 1. The summed E-state index contributed by atoms with van der Waals surface area (Å²) in [5, 5.41) is 19.5. The Morgan fingerprint density at radius 3 is 2.58 bits per heavy atom. The molecule has 1 N–H and O–H groups in total. The fourth-order valence-corrected chi connectivity index (χ4v) is 2.75. The summed E-state index contributed by atoms with van der Waals surface area (Å²) in [6.07, 6.45) is 0. The zero-order valence-electron chi connectivity index (χ0n) is 10.3. The van der Waals surface area contributed by atoms with Gasteiger partial charge in [-0.3, -0.25) is 10.1 Å². The van der Waals surface area contributed by atoms with Crippen LogP contribution in [0.15, 0.2) is 23.1 Å². The average molecular weight is 292 g/mol. The first-order valence-corrected chi connectivity index (χ1v) is 6.68. The quantitative estimate of drug-likeness (QED) is 0.637. The van der Waals surface area contributed by atoms with Crippen molar-refractivity contribution in [1.29, 1.82) is 0 Å². The monoisotopic (exact) mass is 292 g/mol. The zero-order chi connectivity index (χ0) is 14.8. The predicted molar refractivity (Wildman–Crippen MR) is 64.6 cm³/mol. The van der Waals surface area contributed by atoms with Gasteiger partial charge in [0.05, 0.1) is 11.5 Å². The summed E-state index contributed by atoms with van der Waals surface area (Å²) in [6.45, 7) is 0.971. The lowest BCUT2D eigenvalue weighted by Gasteiger charge is -2.22. The van der Waals surface area contributed by atoms with Crippen molar-refractivity contribution in [2.45, 2.75) is 17.9 Å². The van der Waals surface area contributed by atoms with E-state index in [2.05, 4.69) is 0 Å². The van der Waals surface area contributed by atoms with Crippen LogP contribution in [0.3, 0.4) is 0 Å². The Balaban J connectivity index is 3.36. The van der Waals surface area contributed by atoms with Crippen LogP contribution in [0.2, 0.25) is 0 Å². The second-order valence-corrected chi connectivity index (χ2v) is 5.89. The molecule has 1 rings (SSSR count). The van der Waals surface area contributed by atoms with Gasteiger partial charge >= 0.3 is 0 Å². The summed E-state index contributed by atoms with van der Waals surface area (Å²) >= 11 is 0. The summed E-state index contributed by atoms with van der Waals surface area (Å²) in [7, 11) is -3.08. The summed E-state index contributed by atoms with van der Waals surface area (Å²) in [4.78, 5) is 8.99. The van der Waals surface area contributed by atoms with Gasteiger partial charge in [-0.1, -0.05) is 0 Å². The molecular weight excluding hydrogens is 279 g/mol. The number of rotatable bonds is 5. The lowest BCUT2D eigenvalue weighted by molar-refractivity contribution is -0.385. The molecule has 7 nitrogen and oxygen atoms in total. The lowest BCUT2D eigenvalue weighted by Crippen LogP contribution is -2.37. The highest BCUT2D eigenvalue weighted by molar-refractivity contribution is 7.89. The van der Waals surface area contributed by atoms with Gasteiger partial charge in [0.15, 0.2) is 0 Å². The van der Waals surface area contributed by atoms with Crippen molar-refractivity contribution in [3.8, 4) is 0 Å². The smallest absolute Gasteiger partial charge is 0.270 e. The number of aliphatic hydroxyl groups excluding tert-OH is 1. The summed E-state index contributed by atoms with van der Waals surface area (Å²) < 4.78 is 38.5. The molecule has 0 amide bonds. The topological polar surface area (TPSA) is 101 Å². The third kappa shape index (κ3) is 3.06. The van der Waals surface area contributed by atoms with Gasteiger partial charge in [-0.2, -0.15) is 4.31 Å². The van der Waals surface area contributed by atoms with E-state index in [1.54, 1.807) is 0 Å². The predicted octanol–water partition coefficient (Wildman–Crippen LogP) is 0.735. The molecule has 1 aromatic rings. The van der Waals surface area contributed by atoms with E-state index >= 15 is 0 Å². The van der Waals surface area contributed by atoms with Crippen molar-refractivity contribution in [1.82, 2.24) is 4.31 Å². The van der Waals surface area contributed by atoms with Gasteiger partial charge in [0.25, 0.3) is 5.69 Å². The normalized spacial score (nSPS) is 13.5. The number of non-ortho nitro benzene ring substituents is 1. The Hall–Kier alpha value is -1.58. The maximum absolute atomic E-state index is 13.6. The van der Waals surface area contributed by atoms with Crippen LogP contribution in [0.4, 0.5) is 10.1 Å². The second-order valence-electron chi connectivity index (χ2n) is 3.92. The average Bonchev–Trinajstić information content (AvgIpc) is 2.36. The maximum Gasteiger partial charge on any atom is 0.270 e. The van der Waals surface area contributed by atoms with E-state index in [1.807, 2.05) is 0 Å². The molecule has 0 fully saturated rings. The van der Waals surface area contributed by atoms with E-state index in [9.17, 15) is 22.9 Å². The van der Waals surface area contributed by atoms with E-state index in [0.29, 0.717) is 6.07 Å². The minimum Gasteiger partial charge on any atom is -0.395 e. The number of hydrogen-bond acceptors (Lipinski definition) is 5. The first kappa shape index (κ1) is 15.5. The van der Waals surface area contributed by atoms with Crippen LogP contribution in [0.1, 0.15) is 6.92 Å². The molecule has 0 aromatic heterocycles. The number of halogens is 1. The Bertz CT molecular complexity index is 590. The first-order chi connectivity index (χ1) is 8.71. The molecule has 0 saturated heterocycles. The van der Waals surface area contributed by atoms with Crippen molar-refractivity contribution in [2.75, 3.05) is 13.7 Å². The molecule has 0 saturated carbocycles. The number of hydrogen-bond donors (Lipinski definition) is 1. The Morgan fingerprint density at radius 2 is 2.11 bits per heavy atom. The van der Waals surface area contributed by atoms with Crippen LogP contribution in [-0.2, 0) is 10.0 Å². The number of sulfonamides is 1. The van der Waals surface area contributed by atoms with E-state index in [0.717, 1.165) is 23.5 Å². The molecule has 0 aliphatic rings. The number of aliphatic hydroxyl groups is 1. The molecule has 0 aliphatic heterocycles. The summed E-state index contributed by atoms with van der Waals surface area (Å²) in [5.74, 6) is -1.08. The van der Waals surface area contributed by atoms with Crippen LogP contribution >= 0.6 is 0 Å². The minimum absolute atomic E-state index is 0.452. The van der Waals surface area contributed by atoms with Gasteiger partial charge in [0.1, 0.15) is 10.7 Å².